The first-order valence-electron chi connectivity index (χ1n) is 12.1. The molecule has 13 heteroatoms. The molecule has 0 radical (unpaired) electrons. The molecular weight excluding hydrogens is 550 g/mol. The van der Waals surface area contributed by atoms with Gasteiger partial charge in [0.1, 0.15) is 5.75 Å². The fraction of sp³-hybridized carbons (Fsp3) is 0.320. The number of aromatic amines is 1. The summed E-state index contributed by atoms with van der Waals surface area (Å²) in [7, 11) is -3.36. The molecule has 1 saturated heterocycles. The predicted octanol–water partition coefficient (Wildman–Crippen LogP) is 5.35. The van der Waals surface area contributed by atoms with Crippen molar-refractivity contribution >= 4 is 48.4 Å². The number of carbonyl (C=O) groups excluding carboxylic acids is 2. The van der Waals surface area contributed by atoms with Gasteiger partial charge in [-0.05, 0) is 51.0 Å². The number of anilines is 1. The SMILES string of the molecule is CC(C)NP(=O)(Oc1ccccc1)N1CCC(NC(=O)c2n[nH]cc2NC(=O)c2c(Cl)cccc2Cl)CC1. The maximum absolute atomic E-state index is 13.8. The minimum Gasteiger partial charge on any atom is -0.422 e. The Kier molecular flexibility index (Phi) is 9.12. The summed E-state index contributed by atoms with van der Waals surface area (Å²) in [5.41, 5.74) is 0.333. The number of hydrogen-bond acceptors (Lipinski definition) is 5. The molecule has 1 aromatic heterocycles. The molecule has 0 bridgehead atoms. The molecule has 0 aliphatic carbocycles. The Labute approximate surface area is 231 Å². The van der Waals surface area contributed by atoms with Gasteiger partial charge in [-0.2, -0.15) is 5.10 Å². The van der Waals surface area contributed by atoms with Crippen LogP contribution in [0.25, 0.3) is 0 Å². The zero-order valence-electron chi connectivity index (χ0n) is 20.9. The lowest BCUT2D eigenvalue weighted by Gasteiger charge is -2.37. The van der Waals surface area contributed by atoms with E-state index < -0.39 is 19.5 Å². The Morgan fingerprint density at radius 3 is 2.34 bits per heavy atom. The largest absolute Gasteiger partial charge is 0.422 e. The second kappa shape index (κ2) is 12.3. The normalized spacial score (nSPS) is 16.1. The molecule has 3 aromatic rings. The summed E-state index contributed by atoms with van der Waals surface area (Å²) in [4.78, 5) is 25.8. The van der Waals surface area contributed by atoms with Gasteiger partial charge in [0.15, 0.2) is 5.69 Å². The molecule has 1 aliphatic rings. The highest BCUT2D eigenvalue weighted by molar-refractivity contribution is 7.54. The minimum absolute atomic E-state index is 0.0310. The van der Waals surface area contributed by atoms with Gasteiger partial charge in [-0.3, -0.25) is 14.7 Å². The van der Waals surface area contributed by atoms with E-state index in [9.17, 15) is 14.2 Å². The summed E-state index contributed by atoms with van der Waals surface area (Å²) >= 11 is 12.3. The van der Waals surface area contributed by atoms with E-state index in [0.29, 0.717) is 31.7 Å². The number of piperidine rings is 1. The number of para-hydroxylation sites is 1. The third kappa shape index (κ3) is 6.76. The van der Waals surface area contributed by atoms with Crippen molar-refractivity contribution in [2.24, 2.45) is 0 Å². The van der Waals surface area contributed by atoms with Crippen LogP contribution in [0.5, 0.6) is 5.75 Å². The maximum atomic E-state index is 13.8. The molecule has 1 atom stereocenters. The first-order valence-corrected chi connectivity index (χ1v) is 14.5. The fourth-order valence-electron chi connectivity index (χ4n) is 4.10. The van der Waals surface area contributed by atoms with Gasteiger partial charge in [-0.1, -0.05) is 47.5 Å². The van der Waals surface area contributed by atoms with Crippen LogP contribution in [-0.2, 0) is 4.57 Å². The van der Waals surface area contributed by atoms with Crippen molar-refractivity contribution in [3.05, 3.63) is 76.0 Å². The molecule has 2 aromatic carbocycles. The Morgan fingerprint density at radius 2 is 1.71 bits per heavy atom. The highest BCUT2D eigenvalue weighted by Gasteiger charge is 2.37. The second-order valence-corrected chi connectivity index (χ2v) is 12.0. The van der Waals surface area contributed by atoms with E-state index in [1.807, 2.05) is 32.0 Å². The number of benzene rings is 2. The summed E-state index contributed by atoms with van der Waals surface area (Å²) in [6.07, 6.45) is 2.51. The summed E-state index contributed by atoms with van der Waals surface area (Å²) < 4.78 is 21.6. The van der Waals surface area contributed by atoms with Crippen LogP contribution in [0.2, 0.25) is 10.0 Å². The lowest BCUT2D eigenvalue weighted by atomic mass is 10.1. The molecule has 4 N–H and O–H groups in total. The molecule has 1 unspecified atom stereocenters. The van der Waals surface area contributed by atoms with Gasteiger partial charge in [-0.25, -0.2) is 14.3 Å². The van der Waals surface area contributed by atoms with Gasteiger partial charge in [0.2, 0.25) is 0 Å². The van der Waals surface area contributed by atoms with Gasteiger partial charge in [-0.15, -0.1) is 0 Å². The summed E-state index contributed by atoms with van der Waals surface area (Å²) in [6, 6.07) is 13.5. The van der Waals surface area contributed by atoms with Crippen LogP contribution in [0.15, 0.2) is 54.7 Å². The van der Waals surface area contributed by atoms with Crippen LogP contribution in [0.1, 0.15) is 47.5 Å². The average molecular weight is 579 g/mol. The number of hydrogen-bond donors (Lipinski definition) is 4. The first kappa shape index (κ1) is 28.1. The third-order valence-electron chi connectivity index (χ3n) is 5.87. The molecule has 0 saturated carbocycles. The summed E-state index contributed by atoms with van der Waals surface area (Å²) in [5, 5.41) is 15.7. The Morgan fingerprint density at radius 1 is 1.05 bits per heavy atom. The number of nitrogens with one attached hydrogen (secondary N) is 4. The molecule has 1 aliphatic heterocycles. The van der Waals surface area contributed by atoms with Crippen molar-refractivity contribution in [2.75, 3.05) is 18.4 Å². The monoisotopic (exact) mass is 578 g/mol. The molecule has 2 heterocycles. The van der Waals surface area contributed by atoms with E-state index in [2.05, 4.69) is 25.9 Å². The van der Waals surface area contributed by atoms with Gasteiger partial charge in [0.05, 0.1) is 21.3 Å². The van der Waals surface area contributed by atoms with Crippen LogP contribution >= 0.6 is 30.9 Å². The molecule has 10 nitrogen and oxygen atoms in total. The van der Waals surface area contributed by atoms with E-state index in [4.69, 9.17) is 27.7 Å². The van der Waals surface area contributed by atoms with Crippen molar-refractivity contribution in [1.29, 1.82) is 0 Å². The van der Waals surface area contributed by atoms with E-state index >= 15 is 0 Å². The smallest absolute Gasteiger partial charge is 0.393 e. The number of rotatable bonds is 9. The molecule has 1 fully saturated rings. The standard InChI is InChI=1S/C25H29Cl2N6O4P/c1-16(2)32-38(36,37-18-7-4-3-5-8-18)33-13-11-17(12-14-33)29-25(35)23-21(15-28-31-23)30-24(34)22-19(26)9-6-10-20(22)27/h3-10,15-17H,11-14H2,1-2H3,(H,28,31)(H,29,35)(H,30,34)(H,32,36). The zero-order valence-corrected chi connectivity index (χ0v) is 23.3. The van der Waals surface area contributed by atoms with E-state index in [1.54, 1.807) is 35.0 Å². The van der Waals surface area contributed by atoms with Crippen molar-refractivity contribution in [2.45, 2.75) is 38.8 Å². The highest BCUT2D eigenvalue weighted by Crippen LogP contribution is 2.48. The first-order chi connectivity index (χ1) is 18.2. The Balaban J connectivity index is 1.38. The molecule has 38 heavy (non-hydrogen) atoms. The quantitative estimate of drug-likeness (QED) is 0.252. The van der Waals surface area contributed by atoms with Crippen LogP contribution < -0.4 is 20.2 Å². The Hall–Kier alpha value is -2.88. The third-order valence-corrected chi connectivity index (χ3v) is 8.94. The van der Waals surface area contributed by atoms with E-state index in [-0.39, 0.29) is 39.1 Å². The van der Waals surface area contributed by atoms with Crippen molar-refractivity contribution in [1.82, 2.24) is 25.3 Å². The van der Waals surface area contributed by atoms with E-state index in [1.165, 1.54) is 6.20 Å². The highest BCUT2D eigenvalue weighted by atomic mass is 35.5. The van der Waals surface area contributed by atoms with Crippen LogP contribution in [0, 0.1) is 0 Å². The number of carbonyl (C=O) groups is 2. The van der Waals surface area contributed by atoms with E-state index in [0.717, 1.165) is 0 Å². The number of aromatic nitrogens is 2. The summed E-state index contributed by atoms with van der Waals surface area (Å²) in [6.45, 7) is 4.72. The maximum Gasteiger partial charge on any atom is 0.393 e. The van der Waals surface area contributed by atoms with Crippen LogP contribution in [0.3, 0.4) is 0 Å². The van der Waals surface area contributed by atoms with Crippen LogP contribution in [0.4, 0.5) is 5.69 Å². The van der Waals surface area contributed by atoms with Crippen LogP contribution in [-0.4, -0.2) is 51.9 Å². The van der Waals surface area contributed by atoms with Crippen molar-refractivity contribution in [3.8, 4) is 5.75 Å². The van der Waals surface area contributed by atoms with Crippen molar-refractivity contribution < 1.29 is 18.7 Å². The predicted molar refractivity (Wildman–Crippen MR) is 148 cm³/mol. The number of halogens is 2. The topological polar surface area (TPSA) is 128 Å². The molecule has 202 valence electrons. The number of amides is 2. The average Bonchev–Trinajstić information content (AvgIpc) is 3.32. The van der Waals surface area contributed by atoms with Gasteiger partial charge in [0.25, 0.3) is 11.8 Å². The van der Waals surface area contributed by atoms with Gasteiger partial charge in [0, 0.05) is 31.4 Å². The lowest BCUT2D eigenvalue weighted by Crippen LogP contribution is -2.46. The fourth-order valence-corrected chi connectivity index (χ4v) is 6.82. The Bertz CT molecular complexity index is 1310. The second-order valence-electron chi connectivity index (χ2n) is 9.11. The van der Waals surface area contributed by atoms with Gasteiger partial charge < -0.3 is 15.2 Å². The zero-order chi connectivity index (χ0) is 27.3. The molecule has 4 rings (SSSR count). The lowest BCUT2D eigenvalue weighted by molar-refractivity contribution is 0.0918. The molecule has 2 amide bonds. The number of nitrogens with zero attached hydrogens (tertiary/aromatic N) is 2. The minimum atomic E-state index is -3.36. The van der Waals surface area contributed by atoms with Crippen molar-refractivity contribution in [3.63, 3.8) is 0 Å². The van der Waals surface area contributed by atoms with Gasteiger partial charge >= 0.3 is 7.67 Å². The molecular formula is C25H29Cl2N6O4P. The molecule has 0 spiro atoms. The summed E-state index contributed by atoms with van der Waals surface area (Å²) in [5.74, 6) is -0.490. The number of H-pyrrole nitrogens is 1.